The van der Waals surface area contributed by atoms with Crippen molar-refractivity contribution >= 4 is 22.8 Å². The number of fused-ring (bicyclic) bond motifs is 1. The van der Waals surface area contributed by atoms with Crippen LogP contribution in [0.5, 0.6) is 0 Å². The molecule has 1 unspecified atom stereocenters. The number of nitrogens with one attached hydrogen (secondary N) is 1. The Kier molecular flexibility index (Phi) is 3.49. The van der Waals surface area contributed by atoms with Crippen molar-refractivity contribution in [3.05, 3.63) is 29.6 Å². The second kappa shape index (κ2) is 5.31. The first-order valence-electron chi connectivity index (χ1n) is 7.34. The van der Waals surface area contributed by atoms with Gasteiger partial charge >= 0.3 is 6.03 Å². The summed E-state index contributed by atoms with van der Waals surface area (Å²) in [7, 11) is 0. The summed E-state index contributed by atoms with van der Waals surface area (Å²) in [6, 6.07) is 5.63. The molecule has 5 nitrogen and oxygen atoms in total. The summed E-state index contributed by atoms with van der Waals surface area (Å²) >= 11 is 0. The molecule has 1 aliphatic heterocycles. The largest absolute Gasteiger partial charge is 0.324 e. The third-order valence-corrected chi connectivity index (χ3v) is 4.04. The van der Waals surface area contributed by atoms with Gasteiger partial charge in [-0.2, -0.15) is 0 Å². The summed E-state index contributed by atoms with van der Waals surface area (Å²) in [4.78, 5) is 23.1. The first-order valence-corrected chi connectivity index (χ1v) is 7.34. The number of anilines is 1. The van der Waals surface area contributed by atoms with Crippen molar-refractivity contribution in [2.24, 2.45) is 5.92 Å². The molecule has 0 spiro atoms. The summed E-state index contributed by atoms with van der Waals surface area (Å²) in [5, 5.41) is 2.95. The fourth-order valence-electron chi connectivity index (χ4n) is 2.63. The molecule has 1 fully saturated rings. The molecule has 1 N–H and O–H groups in total. The van der Waals surface area contributed by atoms with E-state index in [9.17, 15) is 4.79 Å². The van der Waals surface area contributed by atoms with Gasteiger partial charge in [-0.3, -0.25) is 0 Å². The number of hydrogen-bond donors (Lipinski definition) is 1. The highest BCUT2D eigenvalue weighted by atomic mass is 16.2. The molecule has 0 saturated carbocycles. The van der Waals surface area contributed by atoms with Crippen molar-refractivity contribution in [3.63, 3.8) is 0 Å². The molecule has 0 bridgehead atoms. The number of nitrogens with zero attached hydrogens (tertiary/aromatic N) is 3. The number of aryl methyl sites for hydroxylation is 2. The van der Waals surface area contributed by atoms with E-state index in [-0.39, 0.29) is 6.03 Å². The van der Waals surface area contributed by atoms with E-state index in [0.717, 1.165) is 47.6 Å². The Morgan fingerprint density at radius 3 is 2.62 bits per heavy atom. The number of benzene rings is 1. The number of carbonyl (C=O) groups is 1. The zero-order chi connectivity index (χ0) is 15.0. The van der Waals surface area contributed by atoms with Crippen molar-refractivity contribution in [2.45, 2.75) is 27.2 Å². The van der Waals surface area contributed by atoms with Crippen molar-refractivity contribution < 1.29 is 4.79 Å². The molecule has 5 heteroatoms. The van der Waals surface area contributed by atoms with E-state index in [1.54, 1.807) is 0 Å². The molecule has 2 aromatic rings. The van der Waals surface area contributed by atoms with Gasteiger partial charge in [0.05, 0.1) is 22.4 Å². The Morgan fingerprint density at radius 1 is 1.24 bits per heavy atom. The van der Waals surface area contributed by atoms with Crippen LogP contribution in [0.15, 0.2) is 18.2 Å². The SMILES string of the molecule is Cc1nc2ccc(NC(=O)N3CCC(C)C3)cc2nc1C. The Bertz CT molecular complexity index is 698. The van der Waals surface area contributed by atoms with Crippen LogP contribution in [-0.2, 0) is 0 Å². The van der Waals surface area contributed by atoms with Crippen LogP contribution in [0, 0.1) is 19.8 Å². The van der Waals surface area contributed by atoms with Crippen molar-refractivity contribution in [1.82, 2.24) is 14.9 Å². The average molecular weight is 284 g/mol. The van der Waals surface area contributed by atoms with Crippen molar-refractivity contribution in [1.29, 1.82) is 0 Å². The minimum atomic E-state index is -0.0320. The summed E-state index contributed by atoms with van der Waals surface area (Å²) in [6.45, 7) is 7.73. The third-order valence-electron chi connectivity index (χ3n) is 4.04. The fourth-order valence-corrected chi connectivity index (χ4v) is 2.63. The van der Waals surface area contributed by atoms with E-state index in [1.165, 1.54) is 0 Å². The second-order valence-electron chi connectivity index (χ2n) is 5.87. The molecule has 2 heterocycles. The number of rotatable bonds is 1. The van der Waals surface area contributed by atoms with Gasteiger partial charge in [-0.15, -0.1) is 0 Å². The number of hydrogen-bond acceptors (Lipinski definition) is 3. The Labute approximate surface area is 124 Å². The van der Waals surface area contributed by atoms with Crippen LogP contribution >= 0.6 is 0 Å². The van der Waals surface area contributed by atoms with Gasteiger partial charge in [-0.1, -0.05) is 6.92 Å². The zero-order valence-electron chi connectivity index (χ0n) is 12.7. The summed E-state index contributed by atoms with van der Waals surface area (Å²) in [6.07, 6.45) is 1.08. The lowest BCUT2D eigenvalue weighted by Gasteiger charge is -2.17. The Balaban J connectivity index is 1.81. The lowest BCUT2D eigenvalue weighted by Crippen LogP contribution is -2.32. The molecule has 0 aliphatic carbocycles. The molecular weight excluding hydrogens is 264 g/mol. The van der Waals surface area contributed by atoms with Crippen molar-refractivity contribution in [2.75, 3.05) is 18.4 Å². The molecule has 0 radical (unpaired) electrons. The lowest BCUT2D eigenvalue weighted by atomic mass is 10.2. The molecule has 1 aromatic heterocycles. The van der Waals surface area contributed by atoms with Gasteiger partial charge in [0.25, 0.3) is 0 Å². The maximum Gasteiger partial charge on any atom is 0.321 e. The van der Waals surface area contributed by atoms with Crippen LogP contribution in [0.1, 0.15) is 24.7 Å². The van der Waals surface area contributed by atoms with Gasteiger partial charge in [0.1, 0.15) is 0 Å². The van der Waals surface area contributed by atoms with E-state index >= 15 is 0 Å². The highest BCUT2D eigenvalue weighted by molar-refractivity contribution is 5.92. The molecular formula is C16H20N4O. The van der Waals surface area contributed by atoms with Gasteiger partial charge in [-0.05, 0) is 44.4 Å². The molecule has 1 atom stereocenters. The highest BCUT2D eigenvalue weighted by Crippen LogP contribution is 2.20. The minimum absolute atomic E-state index is 0.0320. The van der Waals surface area contributed by atoms with E-state index in [4.69, 9.17) is 0 Å². The molecule has 1 saturated heterocycles. The van der Waals surface area contributed by atoms with E-state index in [0.29, 0.717) is 5.92 Å². The highest BCUT2D eigenvalue weighted by Gasteiger charge is 2.23. The standard InChI is InChI=1S/C16H20N4O/c1-10-6-7-20(9-10)16(21)19-13-4-5-14-15(8-13)18-12(3)11(2)17-14/h4-5,8,10H,6-7,9H2,1-3H3,(H,19,21). The molecule has 110 valence electrons. The maximum atomic E-state index is 12.2. The predicted molar refractivity (Wildman–Crippen MR) is 83.4 cm³/mol. The van der Waals surface area contributed by atoms with Crippen LogP contribution in [0.25, 0.3) is 11.0 Å². The molecule has 21 heavy (non-hydrogen) atoms. The van der Waals surface area contributed by atoms with Gasteiger partial charge in [-0.25, -0.2) is 14.8 Å². The van der Waals surface area contributed by atoms with Crippen LogP contribution in [-0.4, -0.2) is 34.0 Å². The summed E-state index contributed by atoms with van der Waals surface area (Å²) < 4.78 is 0. The first kappa shape index (κ1) is 13.8. The monoisotopic (exact) mass is 284 g/mol. The number of aromatic nitrogens is 2. The first-order chi connectivity index (χ1) is 10.0. The lowest BCUT2D eigenvalue weighted by molar-refractivity contribution is 0.221. The van der Waals surface area contributed by atoms with Crippen LogP contribution in [0.2, 0.25) is 0 Å². The molecule has 1 aliphatic rings. The Hall–Kier alpha value is -2.17. The molecule has 1 aromatic carbocycles. The number of amides is 2. The van der Waals surface area contributed by atoms with Crippen molar-refractivity contribution in [3.8, 4) is 0 Å². The van der Waals surface area contributed by atoms with Gasteiger partial charge in [0.15, 0.2) is 0 Å². The normalized spacial score (nSPS) is 18.2. The van der Waals surface area contributed by atoms with E-state index < -0.39 is 0 Å². The van der Waals surface area contributed by atoms with E-state index in [1.807, 2.05) is 36.9 Å². The second-order valence-corrected chi connectivity index (χ2v) is 5.87. The fraction of sp³-hybridized carbons (Fsp3) is 0.438. The van der Waals surface area contributed by atoms with Gasteiger partial charge < -0.3 is 10.2 Å². The van der Waals surface area contributed by atoms with Crippen LogP contribution in [0.3, 0.4) is 0 Å². The summed E-state index contributed by atoms with van der Waals surface area (Å²) in [5.74, 6) is 0.587. The number of urea groups is 1. The third kappa shape index (κ3) is 2.82. The number of carbonyl (C=O) groups excluding carboxylic acids is 1. The van der Waals surface area contributed by atoms with Crippen LogP contribution < -0.4 is 5.32 Å². The average Bonchev–Trinajstić information content (AvgIpc) is 2.87. The minimum Gasteiger partial charge on any atom is -0.324 e. The van der Waals surface area contributed by atoms with Crippen LogP contribution in [0.4, 0.5) is 10.5 Å². The molecule has 3 rings (SSSR count). The zero-order valence-corrected chi connectivity index (χ0v) is 12.7. The predicted octanol–water partition coefficient (Wildman–Crippen LogP) is 3.12. The smallest absolute Gasteiger partial charge is 0.321 e. The maximum absolute atomic E-state index is 12.2. The van der Waals surface area contributed by atoms with Gasteiger partial charge in [0, 0.05) is 18.8 Å². The topological polar surface area (TPSA) is 58.1 Å². The molecule has 2 amide bonds. The summed E-state index contributed by atoms with van der Waals surface area (Å²) in [5.41, 5.74) is 4.28. The Morgan fingerprint density at radius 2 is 1.95 bits per heavy atom. The van der Waals surface area contributed by atoms with E-state index in [2.05, 4.69) is 22.2 Å². The van der Waals surface area contributed by atoms with Gasteiger partial charge in [0.2, 0.25) is 0 Å². The quantitative estimate of drug-likeness (QED) is 0.875. The number of likely N-dealkylation sites (tertiary alicyclic amines) is 1.